The van der Waals surface area contributed by atoms with Gasteiger partial charge in [0, 0.05) is 10.6 Å². The average Bonchev–Trinajstić information content (AvgIpc) is 3.09. The van der Waals surface area contributed by atoms with E-state index in [4.69, 9.17) is 25.6 Å². The molecule has 2 aromatic carbocycles. The lowest BCUT2D eigenvalue weighted by Crippen LogP contribution is -2.05. The van der Waals surface area contributed by atoms with Crippen molar-refractivity contribution in [2.75, 3.05) is 7.11 Å². The third-order valence-electron chi connectivity index (χ3n) is 3.28. The lowest BCUT2D eigenvalue weighted by molar-refractivity contribution is 0.0429. The fourth-order valence-corrected chi connectivity index (χ4v) is 2.70. The molecule has 0 saturated carbocycles. The summed E-state index contributed by atoms with van der Waals surface area (Å²) in [6, 6.07) is 11.9. The molecule has 0 saturated heterocycles. The molecule has 0 fully saturated rings. The number of hydrogen-bond donors (Lipinski definition) is 0. The zero-order valence-electron chi connectivity index (χ0n) is 13.0. The van der Waals surface area contributed by atoms with Crippen molar-refractivity contribution in [3.8, 4) is 17.1 Å². The molecule has 0 aliphatic rings. The van der Waals surface area contributed by atoms with Crippen LogP contribution in [-0.4, -0.2) is 23.2 Å². The molecule has 1 heterocycles. The van der Waals surface area contributed by atoms with Crippen LogP contribution in [0.3, 0.4) is 0 Å². The van der Waals surface area contributed by atoms with Gasteiger partial charge in [-0.05, 0) is 58.4 Å². The molecule has 3 rings (SSSR count). The van der Waals surface area contributed by atoms with Crippen LogP contribution in [0.2, 0.25) is 5.02 Å². The zero-order chi connectivity index (χ0) is 17.8. The second-order valence-electron chi connectivity index (χ2n) is 4.94. The van der Waals surface area contributed by atoms with E-state index in [0.717, 1.165) is 5.56 Å². The second kappa shape index (κ2) is 7.67. The van der Waals surface area contributed by atoms with Crippen LogP contribution in [0.1, 0.15) is 16.2 Å². The summed E-state index contributed by atoms with van der Waals surface area (Å²) in [6.07, 6.45) is 0. The molecular weight excluding hydrogens is 412 g/mol. The molecule has 0 N–H and O–H groups in total. The van der Waals surface area contributed by atoms with Gasteiger partial charge in [-0.1, -0.05) is 16.8 Å². The highest BCUT2D eigenvalue weighted by Crippen LogP contribution is 2.26. The van der Waals surface area contributed by atoms with Crippen molar-refractivity contribution in [3.05, 3.63) is 63.4 Å². The topological polar surface area (TPSA) is 74.5 Å². The first kappa shape index (κ1) is 17.4. The van der Waals surface area contributed by atoms with Crippen LogP contribution in [0.5, 0.6) is 5.75 Å². The van der Waals surface area contributed by atoms with Crippen molar-refractivity contribution >= 4 is 33.5 Å². The van der Waals surface area contributed by atoms with Crippen LogP contribution in [0.15, 0.2) is 51.5 Å². The molecule has 3 aromatic rings. The van der Waals surface area contributed by atoms with Crippen molar-refractivity contribution in [1.29, 1.82) is 0 Å². The predicted molar refractivity (Wildman–Crippen MR) is 94.6 cm³/mol. The molecule has 0 radical (unpaired) electrons. The number of methoxy groups -OCH3 is 1. The van der Waals surface area contributed by atoms with Gasteiger partial charge in [0.15, 0.2) is 6.61 Å². The van der Waals surface area contributed by atoms with Crippen LogP contribution in [0.25, 0.3) is 11.4 Å². The van der Waals surface area contributed by atoms with Gasteiger partial charge in [-0.3, -0.25) is 0 Å². The second-order valence-corrected chi connectivity index (χ2v) is 6.23. The van der Waals surface area contributed by atoms with Crippen molar-refractivity contribution in [3.63, 3.8) is 0 Å². The molecule has 0 bridgehead atoms. The number of rotatable bonds is 5. The Morgan fingerprint density at radius 2 is 2.00 bits per heavy atom. The van der Waals surface area contributed by atoms with Crippen LogP contribution in [0, 0.1) is 0 Å². The molecule has 8 heteroatoms. The molecular formula is C17H12BrClN2O4. The van der Waals surface area contributed by atoms with Crippen LogP contribution >= 0.6 is 27.5 Å². The number of carbonyl (C=O) groups excluding carboxylic acids is 1. The Labute approximate surface area is 156 Å². The Kier molecular flexibility index (Phi) is 5.35. The number of carbonyl (C=O) groups is 1. The SMILES string of the molecule is COc1ccc(C(=O)OCc2nc(-c3ccc(Cl)cc3)no2)cc1Br. The third-order valence-corrected chi connectivity index (χ3v) is 4.16. The molecule has 0 amide bonds. The number of esters is 1. The first-order valence-corrected chi connectivity index (χ1v) is 8.33. The standard InChI is InChI=1S/C17H12BrClN2O4/c1-23-14-7-4-11(8-13(14)18)17(22)24-9-15-20-16(21-25-15)10-2-5-12(19)6-3-10/h2-8H,9H2,1H3. The average molecular weight is 424 g/mol. The van der Waals surface area contributed by atoms with Gasteiger partial charge in [0.25, 0.3) is 5.89 Å². The maximum absolute atomic E-state index is 12.1. The highest BCUT2D eigenvalue weighted by Gasteiger charge is 2.14. The van der Waals surface area contributed by atoms with E-state index < -0.39 is 5.97 Å². The Morgan fingerprint density at radius 3 is 2.68 bits per heavy atom. The van der Waals surface area contributed by atoms with Crippen molar-refractivity contribution in [2.45, 2.75) is 6.61 Å². The molecule has 128 valence electrons. The third kappa shape index (κ3) is 4.18. The summed E-state index contributed by atoms with van der Waals surface area (Å²) in [4.78, 5) is 16.3. The summed E-state index contributed by atoms with van der Waals surface area (Å²) in [5.41, 5.74) is 1.13. The maximum Gasteiger partial charge on any atom is 0.338 e. The van der Waals surface area contributed by atoms with Gasteiger partial charge in [-0.25, -0.2) is 4.79 Å². The molecule has 0 unspecified atom stereocenters. The van der Waals surface area contributed by atoms with Crippen LogP contribution in [0.4, 0.5) is 0 Å². The van der Waals surface area contributed by atoms with E-state index >= 15 is 0 Å². The Bertz CT molecular complexity index is 896. The fraction of sp³-hybridized carbons (Fsp3) is 0.118. The summed E-state index contributed by atoms with van der Waals surface area (Å²) >= 11 is 9.17. The maximum atomic E-state index is 12.1. The number of aromatic nitrogens is 2. The Morgan fingerprint density at radius 1 is 1.24 bits per heavy atom. The van der Waals surface area contributed by atoms with E-state index in [0.29, 0.717) is 26.6 Å². The number of benzene rings is 2. The molecule has 0 aliphatic heterocycles. The molecule has 0 aliphatic carbocycles. The minimum Gasteiger partial charge on any atom is -0.496 e. The first-order valence-electron chi connectivity index (χ1n) is 7.16. The number of nitrogens with zero attached hydrogens (tertiary/aromatic N) is 2. The highest BCUT2D eigenvalue weighted by molar-refractivity contribution is 9.10. The molecule has 0 atom stereocenters. The van der Waals surface area contributed by atoms with E-state index in [9.17, 15) is 4.79 Å². The molecule has 0 spiro atoms. The summed E-state index contributed by atoms with van der Waals surface area (Å²) in [7, 11) is 1.55. The van der Waals surface area contributed by atoms with E-state index in [-0.39, 0.29) is 12.5 Å². The summed E-state index contributed by atoms with van der Waals surface area (Å²) < 4.78 is 16.1. The lowest BCUT2D eigenvalue weighted by atomic mass is 10.2. The van der Waals surface area contributed by atoms with E-state index in [1.165, 1.54) is 0 Å². The quantitative estimate of drug-likeness (QED) is 0.562. The molecule has 25 heavy (non-hydrogen) atoms. The van der Waals surface area contributed by atoms with Gasteiger partial charge in [0.05, 0.1) is 17.1 Å². The van der Waals surface area contributed by atoms with Crippen molar-refractivity contribution < 1.29 is 18.8 Å². The largest absolute Gasteiger partial charge is 0.496 e. The van der Waals surface area contributed by atoms with Gasteiger partial charge < -0.3 is 14.0 Å². The van der Waals surface area contributed by atoms with Gasteiger partial charge in [-0.2, -0.15) is 4.98 Å². The highest BCUT2D eigenvalue weighted by atomic mass is 79.9. The lowest BCUT2D eigenvalue weighted by Gasteiger charge is -2.05. The minimum absolute atomic E-state index is 0.122. The van der Waals surface area contributed by atoms with E-state index in [1.54, 1.807) is 49.6 Å². The first-order chi connectivity index (χ1) is 12.1. The Hall–Kier alpha value is -2.38. The van der Waals surface area contributed by atoms with Gasteiger partial charge in [-0.15, -0.1) is 0 Å². The smallest absolute Gasteiger partial charge is 0.338 e. The van der Waals surface area contributed by atoms with Crippen LogP contribution < -0.4 is 4.74 Å². The number of ether oxygens (including phenoxy) is 2. The normalized spacial score (nSPS) is 10.5. The van der Waals surface area contributed by atoms with Crippen LogP contribution in [-0.2, 0) is 11.3 Å². The fourth-order valence-electron chi connectivity index (χ4n) is 2.03. The Balaban J connectivity index is 1.65. The monoisotopic (exact) mass is 422 g/mol. The number of halogens is 2. The molecule has 1 aromatic heterocycles. The van der Waals surface area contributed by atoms with Gasteiger partial charge in [0.2, 0.25) is 5.82 Å². The van der Waals surface area contributed by atoms with Gasteiger partial charge in [0.1, 0.15) is 5.75 Å². The minimum atomic E-state index is -0.505. The van der Waals surface area contributed by atoms with E-state index in [1.807, 2.05) is 0 Å². The number of hydrogen-bond acceptors (Lipinski definition) is 6. The summed E-state index contributed by atoms with van der Waals surface area (Å²) in [5, 5.41) is 4.48. The van der Waals surface area contributed by atoms with E-state index in [2.05, 4.69) is 26.1 Å². The zero-order valence-corrected chi connectivity index (χ0v) is 15.4. The molecule has 6 nitrogen and oxygen atoms in total. The van der Waals surface area contributed by atoms with Crippen molar-refractivity contribution in [1.82, 2.24) is 10.1 Å². The van der Waals surface area contributed by atoms with Crippen molar-refractivity contribution in [2.24, 2.45) is 0 Å². The summed E-state index contributed by atoms with van der Waals surface area (Å²) in [6.45, 7) is -0.122. The summed E-state index contributed by atoms with van der Waals surface area (Å²) in [5.74, 6) is 0.719. The predicted octanol–water partition coefficient (Wildman–Crippen LogP) is 4.52. The van der Waals surface area contributed by atoms with Gasteiger partial charge >= 0.3 is 5.97 Å².